The Kier molecular flexibility index (Phi) is 3.18. The van der Waals surface area contributed by atoms with Crippen LogP contribution in [-0.2, 0) is 9.59 Å². The molecule has 1 aromatic rings. The predicted molar refractivity (Wildman–Crippen MR) is 64.6 cm³/mol. The number of benzene rings is 1. The average molecular weight is 231 g/mol. The Balaban J connectivity index is 2.02. The van der Waals surface area contributed by atoms with Crippen molar-refractivity contribution in [1.29, 1.82) is 0 Å². The Morgan fingerprint density at radius 3 is 2.59 bits per heavy atom. The Hall–Kier alpha value is -2.17. The third kappa shape index (κ3) is 2.90. The van der Waals surface area contributed by atoms with E-state index in [-0.39, 0.29) is 11.8 Å². The van der Waals surface area contributed by atoms with Crippen LogP contribution in [0, 0.1) is 6.92 Å². The Morgan fingerprint density at radius 2 is 2.00 bits per heavy atom. The van der Waals surface area contributed by atoms with Gasteiger partial charge in [0.2, 0.25) is 5.91 Å². The zero-order valence-corrected chi connectivity index (χ0v) is 9.49. The van der Waals surface area contributed by atoms with Crippen LogP contribution in [0.2, 0.25) is 0 Å². The van der Waals surface area contributed by atoms with Crippen LogP contribution >= 0.6 is 0 Å². The van der Waals surface area contributed by atoms with E-state index in [1.807, 2.05) is 31.2 Å². The van der Waals surface area contributed by atoms with Crippen LogP contribution in [0.5, 0.6) is 0 Å². The van der Waals surface area contributed by atoms with Gasteiger partial charge in [0.05, 0.1) is 0 Å². The molecule has 2 N–H and O–H groups in total. The van der Waals surface area contributed by atoms with E-state index in [9.17, 15) is 9.59 Å². The predicted octanol–water partition coefficient (Wildman–Crippen LogP) is 1.20. The molecule has 0 aliphatic carbocycles. The topological polar surface area (TPSA) is 70.6 Å². The van der Waals surface area contributed by atoms with E-state index in [2.05, 4.69) is 15.8 Å². The van der Waals surface area contributed by atoms with Crippen molar-refractivity contribution in [1.82, 2.24) is 5.43 Å². The standard InChI is InChI=1S/C12H13N3O2/c1-8-2-4-9(5-3-8)13-12(17)10-6-7-11(16)15-14-10/h2-5H,6-7H2,1H3,(H,13,17)(H,15,16). The minimum absolute atomic E-state index is 0.156. The van der Waals surface area contributed by atoms with Gasteiger partial charge in [0.25, 0.3) is 5.91 Å². The monoisotopic (exact) mass is 231 g/mol. The molecule has 0 saturated carbocycles. The van der Waals surface area contributed by atoms with Crippen LogP contribution in [0.1, 0.15) is 18.4 Å². The molecule has 0 unspecified atom stereocenters. The van der Waals surface area contributed by atoms with Gasteiger partial charge in [-0.15, -0.1) is 0 Å². The highest BCUT2D eigenvalue weighted by molar-refractivity contribution is 6.43. The average Bonchev–Trinajstić information content (AvgIpc) is 2.33. The number of carbonyl (C=O) groups excluding carboxylic acids is 2. The van der Waals surface area contributed by atoms with E-state index < -0.39 is 0 Å². The van der Waals surface area contributed by atoms with Crippen molar-refractivity contribution in [3.05, 3.63) is 29.8 Å². The molecular weight excluding hydrogens is 218 g/mol. The van der Waals surface area contributed by atoms with Crippen molar-refractivity contribution >= 4 is 23.2 Å². The minimum atomic E-state index is -0.270. The summed E-state index contributed by atoms with van der Waals surface area (Å²) in [5, 5.41) is 6.46. The molecule has 2 amide bonds. The lowest BCUT2D eigenvalue weighted by molar-refractivity contribution is -0.121. The van der Waals surface area contributed by atoms with Crippen molar-refractivity contribution in [2.45, 2.75) is 19.8 Å². The minimum Gasteiger partial charge on any atom is -0.321 e. The normalized spacial score (nSPS) is 14.9. The molecule has 5 nitrogen and oxygen atoms in total. The van der Waals surface area contributed by atoms with Crippen molar-refractivity contribution in [2.24, 2.45) is 5.10 Å². The van der Waals surface area contributed by atoms with E-state index in [1.165, 1.54) is 0 Å². The molecule has 1 heterocycles. The molecule has 88 valence electrons. The van der Waals surface area contributed by atoms with Crippen molar-refractivity contribution < 1.29 is 9.59 Å². The second-order valence-electron chi connectivity index (χ2n) is 3.91. The van der Waals surface area contributed by atoms with E-state index in [0.717, 1.165) is 11.3 Å². The fraction of sp³-hybridized carbons (Fsp3) is 0.250. The fourth-order valence-electron chi connectivity index (χ4n) is 1.48. The number of nitrogens with one attached hydrogen (secondary N) is 2. The van der Waals surface area contributed by atoms with Crippen LogP contribution < -0.4 is 10.7 Å². The van der Waals surface area contributed by atoms with Crippen molar-refractivity contribution in [3.8, 4) is 0 Å². The third-order valence-corrected chi connectivity index (χ3v) is 2.48. The van der Waals surface area contributed by atoms with Gasteiger partial charge in [-0.25, -0.2) is 5.43 Å². The summed E-state index contributed by atoms with van der Waals surface area (Å²) in [4.78, 5) is 22.6. The first-order valence-corrected chi connectivity index (χ1v) is 5.38. The first-order chi connectivity index (χ1) is 8.15. The van der Waals surface area contributed by atoms with Gasteiger partial charge in [0.15, 0.2) is 0 Å². The summed E-state index contributed by atoms with van der Waals surface area (Å²) >= 11 is 0. The van der Waals surface area contributed by atoms with Crippen molar-refractivity contribution in [2.75, 3.05) is 5.32 Å². The number of aryl methyl sites for hydroxylation is 1. The number of nitrogens with zero attached hydrogens (tertiary/aromatic N) is 1. The summed E-state index contributed by atoms with van der Waals surface area (Å²) in [6, 6.07) is 7.49. The van der Waals surface area contributed by atoms with Gasteiger partial charge in [0, 0.05) is 18.5 Å². The summed E-state index contributed by atoms with van der Waals surface area (Å²) in [6.07, 6.45) is 0.684. The molecule has 1 aliphatic rings. The largest absolute Gasteiger partial charge is 0.321 e. The van der Waals surface area contributed by atoms with E-state index in [0.29, 0.717) is 18.6 Å². The highest BCUT2D eigenvalue weighted by Crippen LogP contribution is 2.09. The Morgan fingerprint density at radius 1 is 1.29 bits per heavy atom. The van der Waals surface area contributed by atoms with Gasteiger partial charge in [-0.3, -0.25) is 9.59 Å². The lowest BCUT2D eigenvalue weighted by atomic mass is 10.1. The van der Waals surface area contributed by atoms with Gasteiger partial charge in [-0.05, 0) is 19.1 Å². The second-order valence-corrected chi connectivity index (χ2v) is 3.91. The van der Waals surface area contributed by atoms with Crippen LogP contribution in [0.3, 0.4) is 0 Å². The van der Waals surface area contributed by atoms with Crippen LogP contribution in [0.15, 0.2) is 29.4 Å². The maximum Gasteiger partial charge on any atom is 0.271 e. The molecule has 5 heteroatoms. The SMILES string of the molecule is Cc1ccc(NC(=O)C2=NNC(=O)CC2)cc1. The molecule has 0 aromatic heterocycles. The molecule has 0 atom stereocenters. The van der Waals surface area contributed by atoms with Gasteiger partial charge < -0.3 is 5.32 Å². The summed E-state index contributed by atoms with van der Waals surface area (Å²) in [5.74, 6) is -0.425. The molecule has 0 saturated heterocycles. The maximum absolute atomic E-state index is 11.8. The third-order valence-electron chi connectivity index (χ3n) is 2.48. The zero-order chi connectivity index (χ0) is 12.3. The lowest BCUT2D eigenvalue weighted by Gasteiger charge is -2.11. The van der Waals surface area contributed by atoms with Gasteiger partial charge >= 0.3 is 0 Å². The molecular formula is C12H13N3O2. The van der Waals surface area contributed by atoms with Gasteiger partial charge in [-0.2, -0.15) is 5.10 Å². The molecule has 0 spiro atoms. The molecule has 1 aliphatic heterocycles. The molecule has 1 aromatic carbocycles. The first kappa shape index (κ1) is 11.3. The van der Waals surface area contributed by atoms with Crippen LogP contribution in [0.25, 0.3) is 0 Å². The number of carbonyl (C=O) groups is 2. The molecule has 2 rings (SSSR count). The van der Waals surface area contributed by atoms with Crippen molar-refractivity contribution in [3.63, 3.8) is 0 Å². The summed E-state index contributed by atoms with van der Waals surface area (Å²) < 4.78 is 0. The molecule has 17 heavy (non-hydrogen) atoms. The highest BCUT2D eigenvalue weighted by Gasteiger charge is 2.18. The van der Waals surface area contributed by atoms with Crippen LogP contribution in [-0.4, -0.2) is 17.5 Å². The van der Waals surface area contributed by atoms with Gasteiger partial charge in [-0.1, -0.05) is 17.7 Å². The number of rotatable bonds is 2. The van der Waals surface area contributed by atoms with E-state index in [1.54, 1.807) is 0 Å². The number of hydrogen-bond acceptors (Lipinski definition) is 3. The Labute approximate surface area is 98.9 Å². The summed E-state index contributed by atoms with van der Waals surface area (Å²) in [7, 11) is 0. The zero-order valence-electron chi connectivity index (χ0n) is 9.49. The molecule has 0 radical (unpaired) electrons. The Bertz CT molecular complexity index is 477. The number of amides is 2. The quantitative estimate of drug-likeness (QED) is 0.802. The smallest absolute Gasteiger partial charge is 0.271 e. The molecule has 0 bridgehead atoms. The number of anilines is 1. The molecule has 0 fully saturated rings. The summed E-state index contributed by atoms with van der Waals surface area (Å²) in [6.45, 7) is 1.98. The number of hydrazone groups is 1. The highest BCUT2D eigenvalue weighted by atomic mass is 16.2. The van der Waals surface area contributed by atoms with Crippen LogP contribution in [0.4, 0.5) is 5.69 Å². The van der Waals surface area contributed by atoms with E-state index in [4.69, 9.17) is 0 Å². The first-order valence-electron chi connectivity index (χ1n) is 5.38. The van der Waals surface area contributed by atoms with E-state index >= 15 is 0 Å². The lowest BCUT2D eigenvalue weighted by Crippen LogP contribution is -2.32. The number of hydrogen-bond donors (Lipinski definition) is 2. The maximum atomic E-state index is 11.8. The van der Waals surface area contributed by atoms with Gasteiger partial charge in [0.1, 0.15) is 5.71 Å². The fourth-order valence-corrected chi connectivity index (χ4v) is 1.48. The summed E-state index contributed by atoms with van der Waals surface area (Å²) in [5.41, 5.74) is 4.50. The second kappa shape index (κ2) is 4.78.